The van der Waals surface area contributed by atoms with Crippen LogP contribution in [0.1, 0.15) is 11.3 Å². The van der Waals surface area contributed by atoms with Gasteiger partial charge in [0, 0.05) is 28.5 Å². The van der Waals surface area contributed by atoms with Crippen LogP contribution in [-0.2, 0) is 6.54 Å². The van der Waals surface area contributed by atoms with Crippen molar-refractivity contribution in [2.75, 3.05) is 0 Å². The number of nitrogens with zero attached hydrogens (tertiary/aromatic N) is 2. The van der Waals surface area contributed by atoms with Gasteiger partial charge in [-0.15, -0.1) is 0 Å². The molecule has 1 heterocycles. The second kappa shape index (κ2) is 5.77. The number of aromatic nitrogens is 2. The molecule has 2 N–H and O–H groups in total. The molecule has 0 aliphatic heterocycles. The van der Waals surface area contributed by atoms with E-state index >= 15 is 0 Å². The first kappa shape index (κ1) is 13.5. The van der Waals surface area contributed by atoms with Crippen molar-refractivity contribution in [3.63, 3.8) is 0 Å². The smallest absolute Gasteiger partial charge is 0.322 e. The second-order valence-electron chi connectivity index (χ2n) is 3.64. The summed E-state index contributed by atoms with van der Waals surface area (Å²) >= 11 is 6.80. The molecule has 0 atom stereocenters. The van der Waals surface area contributed by atoms with Gasteiger partial charge in [0.25, 0.3) is 0 Å². The van der Waals surface area contributed by atoms with Crippen LogP contribution in [0.5, 0.6) is 11.8 Å². The van der Waals surface area contributed by atoms with Gasteiger partial charge in [-0.05, 0) is 41.1 Å². The van der Waals surface area contributed by atoms with E-state index in [0.717, 1.165) is 20.2 Å². The lowest BCUT2D eigenvalue weighted by atomic mass is 10.2. The molecule has 0 radical (unpaired) electrons. The van der Waals surface area contributed by atoms with Crippen LogP contribution < -0.4 is 10.5 Å². The topological polar surface area (TPSA) is 61.0 Å². The minimum Gasteiger partial charge on any atom is -0.423 e. The summed E-state index contributed by atoms with van der Waals surface area (Å²) in [5, 5.41) is 0. The summed E-state index contributed by atoms with van der Waals surface area (Å²) in [4.78, 5) is 8.38. The molecule has 18 heavy (non-hydrogen) atoms. The molecule has 2 aromatic rings. The average Bonchev–Trinajstić information content (AvgIpc) is 2.33. The molecule has 0 bridgehead atoms. The van der Waals surface area contributed by atoms with E-state index in [1.54, 1.807) is 6.20 Å². The molecular weight excluding hydrogens is 362 g/mol. The fourth-order valence-corrected chi connectivity index (χ4v) is 2.50. The number of rotatable bonds is 3. The average molecular weight is 373 g/mol. The zero-order valence-corrected chi connectivity index (χ0v) is 12.8. The molecule has 0 fully saturated rings. The molecule has 94 valence electrons. The maximum Gasteiger partial charge on any atom is 0.322 e. The SMILES string of the molecule is Cc1nc(Oc2ccc(Br)cc2Br)ncc1CN. The first-order chi connectivity index (χ1) is 8.60. The molecule has 0 saturated carbocycles. The van der Waals surface area contributed by atoms with Crippen molar-refractivity contribution in [2.45, 2.75) is 13.5 Å². The van der Waals surface area contributed by atoms with E-state index in [-0.39, 0.29) is 0 Å². The summed E-state index contributed by atoms with van der Waals surface area (Å²) in [6.07, 6.45) is 1.68. The second-order valence-corrected chi connectivity index (χ2v) is 5.41. The Morgan fingerprint density at radius 3 is 2.72 bits per heavy atom. The van der Waals surface area contributed by atoms with Gasteiger partial charge in [-0.1, -0.05) is 15.9 Å². The maximum atomic E-state index is 5.61. The van der Waals surface area contributed by atoms with E-state index in [2.05, 4.69) is 41.8 Å². The van der Waals surface area contributed by atoms with Crippen molar-refractivity contribution in [1.82, 2.24) is 9.97 Å². The highest BCUT2D eigenvalue weighted by Gasteiger charge is 2.07. The van der Waals surface area contributed by atoms with Gasteiger partial charge in [-0.2, -0.15) is 4.98 Å². The van der Waals surface area contributed by atoms with Crippen molar-refractivity contribution < 1.29 is 4.74 Å². The number of benzene rings is 1. The van der Waals surface area contributed by atoms with Crippen LogP contribution in [0.15, 0.2) is 33.3 Å². The molecule has 4 nitrogen and oxygen atoms in total. The largest absolute Gasteiger partial charge is 0.423 e. The number of halogens is 2. The minimum atomic E-state index is 0.313. The van der Waals surface area contributed by atoms with E-state index in [1.165, 1.54) is 0 Å². The lowest BCUT2D eigenvalue weighted by Gasteiger charge is -2.08. The van der Waals surface area contributed by atoms with Crippen LogP contribution in [0.3, 0.4) is 0 Å². The van der Waals surface area contributed by atoms with Crippen molar-refractivity contribution in [3.05, 3.63) is 44.6 Å². The van der Waals surface area contributed by atoms with E-state index in [4.69, 9.17) is 10.5 Å². The molecule has 1 aromatic carbocycles. The summed E-state index contributed by atoms with van der Waals surface area (Å²) in [5.41, 5.74) is 7.30. The quantitative estimate of drug-likeness (QED) is 0.894. The molecule has 0 saturated heterocycles. The summed E-state index contributed by atoms with van der Waals surface area (Å²) in [6.45, 7) is 2.31. The molecule has 0 aliphatic carbocycles. The summed E-state index contributed by atoms with van der Waals surface area (Å²) in [7, 11) is 0. The fourth-order valence-electron chi connectivity index (χ4n) is 1.38. The van der Waals surface area contributed by atoms with E-state index in [1.807, 2.05) is 25.1 Å². The highest BCUT2D eigenvalue weighted by molar-refractivity contribution is 9.11. The molecule has 1 aromatic heterocycles. The van der Waals surface area contributed by atoms with Crippen LogP contribution in [0.2, 0.25) is 0 Å². The molecule has 0 unspecified atom stereocenters. The third kappa shape index (κ3) is 3.07. The van der Waals surface area contributed by atoms with Gasteiger partial charge in [0.05, 0.1) is 4.47 Å². The van der Waals surface area contributed by atoms with E-state index in [0.29, 0.717) is 18.3 Å². The molecule has 0 amide bonds. The highest BCUT2D eigenvalue weighted by atomic mass is 79.9. The van der Waals surface area contributed by atoms with Crippen molar-refractivity contribution >= 4 is 31.9 Å². The highest BCUT2D eigenvalue weighted by Crippen LogP contribution is 2.30. The number of nitrogens with two attached hydrogens (primary N) is 1. The van der Waals surface area contributed by atoms with E-state index in [9.17, 15) is 0 Å². The van der Waals surface area contributed by atoms with Crippen LogP contribution in [0, 0.1) is 6.92 Å². The number of aryl methyl sites for hydroxylation is 1. The van der Waals surface area contributed by atoms with E-state index < -0.39 is 0 Å². The van der Waals surface area contributed by atoms with Gasteiger partial charge in [0.2, 0.25) is 0 Å². The van der Waals surface area contributed by atoms with Crippen LogP contribution >= 0.6 is 31.9 Å². The summed E-state index contributed by atoms with van der Waals surface area (Å²) < 4.78 is 7.42. The Morgan fingerprint density at radius 1 is 1.33 bits per heavy atom. The normalized spacial score (nSPS) is 10.4. The number of hydrogen-bond acceptors (Lipinski definition) is 4. The Hall–Kier alpha value is -0.980. The van der Waals surface area contributed by atoms with Crippen LogP contribution in [-0.4, -0.2) is 9.97 Å². The Morgan fingerprint density at radius 2 is 2.11 bits per heavy atom. The molecular formula is C12H11Br2N3O. The summed E-state index contributed by atoms with van der Waals surface area (Å²) in [5.74, 6) is 0.665. The zero-order valence-electron chi connectivity index (χ0n) is 9.65. The van der Waals surface area contributed by atoms with Gasteiger partial charge in [-0.3, -0.25) is 0 Å². The number of hydrogen-bond donors (Lipinski definition) is 1. The van der Waals surface area contributed by atoms with Gasteiger partial charge < -0.3 is 10.5 Å². The predicted molar refractivity (Wildman–Crippen MR) is 76.6 cm³/mol. The third-order valence-electron chi connectivity index (χ3n) is 2.37. The van der Waals surface area contributed by atoms with Crippen LogP contribution in [0.4, 0.5) is 0 Å². The van der Waals surface area contributed by atoms with Gasteiger partial charge >= 0.3 is 6.01 Å². The predicted octanol–water partition coefficient (Wildman–Crippen LogP) is 3.56. The summed E-state index contributed by atoms with van der Waals surface area (Å²) in [6, 6.07) is 5.94. The van der Waals surface area contributed by atoms with Crippen molar-refractivity contribution in [2.24, 2.45) is 5.73 Å². The van der Waals surface area contributed by atoms with Crippen molar-refractivity contribution in [3.8, 4) is 11.8 Å². The van der Waals surface area contributed by atoms with Crippen LogP contribution in [0.25, 0.3) is 0 Å². The molecule has 0 spiro atoms. The first-order valence-electron chi connectivity index (χ1n) is 5.25. The minimum absolute atomic E-state index is 0.313. The molecule has 2 rings (SSSR count). The Labute approximate surface area is 122 Å². The zero-order chi connectivity index (χ0) is 13.1. The Kier molecular flexibility index (Phi) is 4.31. The monoisotopic (exact) mass is 371 g/mol. The number of ether oxygens (including phenoxy) is 1. The Balaban J connectivity index is 2.26. The Bertz CT molecular complexity index is 575. The van der Waals surface area contributed by atoms with Gasteiger partial charge in [0.15, 0.2) is 0 Å². The van der Waals surface area contributed by atoms with Gasteiger partial charge in [0.1, 0.15) is 5.75 Å². The van der Waals surface area contributed by atoms with Gasteiger partial charge in [-0.25, -0.2) is 4.98 Å². The lowest BCUT2D eigenvalue weighted by Crippen LogP contribution is -2.03. The molecule has 6 heteroatoms. The fraction of sp³-hybridized carbons (Fsp3) is 0.167. The van der Waals surface area contributed by atoms with Crippen molar-refractivity contribution in [1.29, 1.82) is 0 Å². The first-order valence-corrected chi connectivity index (χ1v) is 6.84. The molecule has 0 aliphatic rings. The maximum absolute atomic E-state index is 5.61. The lowest BCUT2D eigenvalue weighted by molar-refractivity contribution is 0.437. The third-order valence-corrected chi connectivity index (χ3v) is 3.49. The standard InChI is InChI=1S/C12H11Br2N3O/c1-7-8(5-15)6-16-12(17-7)18-11-3-2-9(13)4-10(11)14/h2-4,6H,5,15H2,1H3.